The number of hydrazine groups is 1. The summed E-state index contributed by atoms with van der Waals surface area (Å²) < 4.78 is 5.51. The Bertz CT molecular complexity index is 913. The van der Waals surface area contributed by atoms with Gasteiger partial charge in [-0.15, -0.1) is 0 Å². The van der Waals surface area contributed by atoms with Crippen LogP contribution in [-0.2, 0) is 17.6 Å². The van der Waals surface area contributed by atoms with Crippen molar-refractivity contribution in [2.45, 2.75) is 19.8 Å². The maximum Gasteiger partial charge on any atom is 0.269 e. The van der Waals surface area contributed by atoms with Gasteiger partial charge in [-0.1, -0.05) is 19.1 Å². The molecule has 3 rings (SSSR count). The molecule has 3 N–H and O–H groups in total. The monoisotopic (exact) mass is 338 g/mol. The predicted octanol–water partition coefficient (Wildman–Crippen LogP) is 2.70. The molecule has 0 atom stereocenters. The first-order valence-electron chi connectivity index (χ1n) is 7.94. The van der Waals surface area contributed by atoms with Crippen molar-refractivity contribution in [1.29, 1.82) is 0 Å². The number of nitrogens with one attached hydrogen (secondary N) is 2. The van der Waals surface area contributed by atoms with Crippen LogP contribution in [0.1, 0.15) is 28.4 Å². The first-order valence-corrected chi connectivity index (χ1v) is 7.94. The molecule has 0 spiro atoms. The van der Waals surface area contributed by atoms with Crippen LogP contribution in [0.4, 0.5) is 0 Å². The van der Waals surface area contributed by atoms with Crippen LogP contribution in [0.3, 0.4) is 0 Å². The van der Waals surface area contributed by atoms with Gasteiger partial charge in [0, 0.05) is 16.5 Å². The summed E-state index contributed by atoms with van der Waals surface area (Å²) in [6, 6.07) is 11.6. The molecule has 1 heterocycles. The van der Waals surface area contributed by atoms with E-state index in [1.54, 1.807) is 6.26 Å². The molecular weight excluding hydrogens is 320 g/mol. The fourth-order valence-corrected chi connectivity index (χ4v) is 2.51. The smallest absolute Gasteiger partial charge is 0.269 e. The van der Waals surface area contributed by atoms with Crippen molar-refractivity contribution < 1.29 is 19.1 Å². The Morgan fingerprint density at radius 1 is 1.08 bits per heavy atom. The number of carbonyl (C=O) groups excluding carboxylic acids is 2. The molecule has 2 aromatic carbocycles. The Kier molecular flexibility index (Phi) is 4.70. The number of furan rings is 1. The molecule has 0 bridgehead atoms. The van der Waals surface area contributed by atoms with Gasteiger partial charge in [0.2, 0.25) is 5.91 Å². The molecule has 25 heavy (non-hydrogen) atoms. The second-order valence-corrected chi connectivity index (χ2v) is 5.67. The molecule has 0 aliphatic rings. The third-order valence-corrected chi connectivity index (χ3v) is 3.92. The van der Waals surface area contributed by atoms with Crippen molar-refractivity contribution in [1.82, 2.24) is 10.9 Å². The van der Waals surface area contributed by atoms with Crippen molar-refractivity contribution in [2.24, 2.45) is 0 Å². The van der Waals surface area contributed by atoms with E-state index in [0.29, 0.717) is 5.56 Å². The van der Waals surface area contributed by atoms with Gasteiger partial charge >= 0.3 is 0 Å². The third kappa shape index (κ3) is 3.80. The van der Waals surface area contributed by atoms with Crippen molar-refractivity contribution in [3.63, 3.8) is 0 Å². The van der Waals surface area contributed by atoms with E-state index in [0.717, 1.165) is 23.0 Å². The summed E-state index contributed by atoms with van der Waals surface area (Å²) in [5, 5.41) is 10.1. The second kappa shape index (κ2) is 7.09. The van der Waals surface area contributed by atoms with E-state index in [1.165, 1.54) is 29.8 Å². The van der Waals surface area contributed by atoms with E-state index in [-0.39, 0.29) is 18.1 Å². The van der Waals surface area contributed by atoms with Gasteiger partial charge in [-0.25, -0.2) is 0 Å². The highest BCUT2D eigenvalue weighted by Gasteiger charge is 2.12. The molecule has 0 saturated heterocycles. The van der Waals surface area contributed by atoms with Crippen LogP contribution in [0.15, 0.2) is 53.1 Å². The average molecular weight is 338 g/mol. The number of fused-ring (bicyclic) bond motifs is 1. The second-order valence-electron chi connectivity index (χ2n) is 5.67. The lowest BCUT2D eigenvalue weighted by Gasteiger charge is -2.07. The Hall–Kier alpha value is -3.28. The van der Waals surface area contributed by atoms with Gasteiger partial charge in [0.05, 0.1) is 12.7 Å². The van der Waals surface area contributed by atoms with Crippen LogP contribution in [-0.4, -0.2) is 16.9 Å². The molecule has 0 unspecified atom stereocenters. The normalized spacial score (nSPS) is 10.6. The maximum absolute atomic E-state index is 12.1. The third-order valence-electron chi connectivity index (χ3n) is 3.92. The lowest BCUT2D eigenvalue weighted by Crippen LogP contribution is -2.42. The highest BCUT2D eigenvalue weighted by atomic mass is 16.3. The minimum Gasteiger partial charge on any atom is -0.508 e. The Labute approximate surface area is 144 Å². The molecule has 0 fully saturated rings. The molecule has 6 heteroatoms. The summed E-state index contributed by atoms with van der Waals surface area (Å²) in [6.45, 7) is 2.06. The van der Waals surface area contributed by atoms with Gasteiger partial charge in [-0.05, 0) is 42.3 Å². The Morgan fingerprint density at radius 2 is 1.84 bits per heavy atom. The topological polar surface area (TPSA) is 91.6 Å². The summed E-state index contributed by atoms with van der Waals surface area (Å²) in [5.74, 6) is -0.744. The molecule has 0 radical (unpaired) electrons. The highest BCUT2D eigenvalue weighted by Crippen LogP contribution is 2.23. The molecule has 2 amide bonds. The minimum absolute atomic E-state index is 0.0682. The number of hydrogen-bond acceptors (Lipinski definition) is 4. The van der Waals surface area contributed by atoms with Crippen molar-refractivity contribution in [3.8, 4) is 5.75 Å². The first kappa shape index (κ1) is 16.6. The number of aryl methyl sites for hydroxylation is 1. The van der Waals surface area contributed by atoms with E-state index in [2.05, 4.69) is 17.8 Å². The highest BCUT2D eigenvalue weighted by molar-refractivity contribution is 5.96. The van der Waals surface area contributed by atoms with E-state index in [9.17, 15) is 14.7 Å². The Balaban J connectivity index is 1.61. The van der Waals surface area contributed by atoms with E-state index in [4.69, 9.17) is 4.42 Å². The van der Waals surface area contributed by atoms with E-state index >= 15 is 0 Å². The van der Waals surface area contributed by atoms with Crippen LogP contribution >= 0.6 is 0 Å². The average Bonchev–Trinajstić information content (AvgIpc) is 3.02. The fourth-order valence-electron chi connectivity index (χ4n) is 2.51. The number of phenolic OH excluding ortho intramolecular Hbond substituents is 1. The quantitative estimate of drug-likeness (QED) is 0.638. The molecule has 6 nitrogen and oxygen atoms in total. The van der Waals surface area contributed by atoms with Crippen LogP contribution in [0.5, 0.6) is 5.75 Å². The van der Waals surface area contributed by atoms with Crippen molar-refractivity contribution in [2.75, 3.05) is 0 Å². The van der Waals surface area contributed by atoms with Crippen molar-refractivity contribution >= 4 is 22.8 Å². The maximum atomic E-state index is 12.1. The standard InChI is InChI=1S/C19H18N2O4/c1-2-12-3-8-16-14(11-25-17(16)9-12)10-18(23)20-21-19(24)13-4-6-15(22)7-5-13/h3-9,11,22H,2,10H2,1H3,(H,20,23)(H,21,24). The van der Waals surface area contributed by atoms with Gasteiger partial charge in [0.1, 0.15) is 11.3 Å². The zero-order valence-electron chi connectivity index (χ0n) is 13.7. The number of phenols is 1. The van der Waals surface area contributed by atoms with Gasteiger partial charge in [0.15, 0.2) is 0 Å². The fraction of sp³-hybridized carbons (Fsp3) is 0.158. The van der Waals surface area contributed by atoms with Gasteiger partial charge in [0.25, 0.3) is 5.91 Å². The number of aromatic hydroxyl groups is 1. The molecule has 0 aliphatic heterocycles. The van der Waals surface area contributed by atoms with Crippen LogP contribution in [0, 0.1) is 0 Å². The molecular formula is C19H18N2O4. The largest absolute Gasteiger partial charge is 0.508 e. The Morgan fingerprint density at radius 3 is 2.56 bits per heavy atom. The molecule has 0 saturated carbocycles. The zero-order valence-corrected chi connectivity index (χ0v) is 13.7. The van der Waals surface area contributed by atoms with E-state index in [1.807, 2.05) is 18.2 Å². The van der Waals surface area contributed by atoms with Crippen LogP contribution < -0.4 is 10.9 Å². The number of benzene rings is 2. The molecule has 3 aromatic rings. The number of amides is 2. The summed E-state index contributed by atoms with van der Waals surface area (Å²) >= 11 is 0. The van der Waals surface area contributed by atoms with Crippen LogP contribution in [0.2, 0.25) is 0 Å². The SMILES string of the molecule is CCc1ccc2c(CC(=O)NNC(=O)c3ccc(O)cc3)coc2c1. The minimum atomic E-state index is -0.460. The first-order chi connectivity index (χ1) is 12.1. The van der Waals surface area contributed by atoms with Gasteiger partial charge < -0.3 is 9.52 Å². The summed E-state index contributed by atoms with van der Waals surface area (Å²) in [4.78, 5) is 24.0. The van der Waals surface area contributed by atoms with E-state index < -0.39 is 5.91 Å². The summed E-state index contributed by atoms with van der Waals surface area (Å²) in [6.07, 6.45) is 2.57. The van der Waals surface area contributed by atoms with Gasteiger partial charge in [-0.3, -0.25) is 20.4 Å². The molecule has 0 aliphatic carbocycles. The number of rotatable bonds is 4. The van der Waals surface area contributed by atoms with Crippen LogP contribution in [0.25, 0.3) is 11.0 Å². The predicted molar refractivity (Wildman–Crippen MR) is 93.0 cm³/mol. The summed E-state index contributed by atoms with van der Waals surface area (Å²) in [7, 11) is 0. The van der Waals surface area contributed by atoms with Crippen molar-refractivity contribution in [3.05, 3.63) is 65.4 Å². The zero-order chi connectivity index (χ0) is 17.8. The lowest BCUT2D eigenvalue weighted by atomic mass is 10.1. The lowest BCUT2D eigenvalue weighted by molar-refractivity contribution is -0.121. The molecule has 1 aromatic heterocycles. The molecule has 128 valence electrons. The number of carbonyl (C=O) groups is 2. The number of hydrogen-bond donors (Lipinski definition) is 3. The summed E-state index contributed by atoms with van der Waals surface area (Å²) in [5.41, 5.74) is 7.73. The van der Waals surface area contributed by atoms with Gasteiger partial charge in [-0.2, -0.15) is 0 Å².